The summed E-state index contributed by atoms with van der Waals surface area (Å²) in [5.41, 5.74) is 7.09. The van der Waals surface area contributed by atoms with E-state index in [9.17, 15) is 8.42 Å². The molecule has 0 spiro atoms. The van der Waals surface area contributed by atoms with E-state index in [1.54, 1.807) is 10.4 Å². The predicted octanol–water partition coefficient (Wildman–Crippen LogP) is 7.46. The molecule has 1 saturated heterocycles. The van der Waals surface area contributed by atoms with Crippen LogP contribution in [0.2, 0.25) is 0 Å². The fourth-order valence-electron chi connectivity index (χ4n) is 7.78. The van der Waals surface area contributed by atoms with Gasteiger partial charge in [-0.05, 0) is 78.8 Å². The summed E-state index contributed by atoms with van der Waals surface area (Å²) >= 11 is 0. The first-order chi connectivity index (χ1) is 22.5. The second kappa shape index (κ2) is 13.1. The molecule has 4 aromatic rings. The largest absolute Gasteiger partial charge is 0.378 e. The average molecular weight is 633 g/mol. The first-order valence-electron chi connectivity index (χ1n) is 16.7. The third-order valence-corrected chi connectivity index (χ3v) is 12.1. The highest BCUT2D eigenvalue weighted by Gasteiger charge is 2.39. The molecule has 4 aromatic carbocycles. The minimum absolute atomic E-state index is 0.0922. The summed E-state index contributed by atoms with van der Waals surface area (Å²) in [6.07, 6.45) is 5.52. The molecule has 1 fully saturated rings. The molecule has 0 amide bonds. The molecular formula is C39H44N4O2S. The molecular weight excluding hydrogens is 589 g/mol. The first-order valence-corrected chi connectivity index (χ1v) is 18.2. The molecule has 2 heterocycles. The van der Waals surface area contributed by atoms with Gasteiger partial charge in [0.25, 0.3) is 0 Å². The highest BCUT2D eigenvalue weighted by atomic mass is 32.2. The SMILES string of the molecule is CCN(CC)c1ccc(C2Nc3ccc(S(=O)(=O)N4CCN(C(c5ccccc5)c5ccccc5)CC4)cc3C3C=CCC32)cc1. The number of hydrogen-bond donors (Lipinski definition) is 1. The second-order valence-corrected chi connectivity index (χ2v) is 14.6. The Hall–Kier alpha value is -3.91. The van der Waals surface area contributed by atoms with Crippen LogP contribution in [0.1, 0.15) is 60.5 Å². The minimum atomic E-state index is -3.64. The summed E-state index contributed by atoms with van der Waals surface area (Å²) in [5, 5.41) is 3.80. The lowest BCUT2D eigenvalue weighted by Gasteiger charge is -2.40. The van der Waals surface area contributed by atoms with E-state index in [1.807, 2.05) is 24.3 Å². The molecule has 3 aliphatic rings. The highest BCUT2D eigenvalue weighted by Crippen LogP contribution is 2.50. The number of hydrogen-bond acceptors (Lipinski definition) is 5. The maximum atomic E-state index is 14.1. The Morgan fingerprint density at radius 3 is 2.04 bits per heavy atom. The van der Waals surface area contributed by atoms with Crippen LogP contribution in [-0.2, 0) is 10.0 Å². The van der Waals surface area contributed by atoms with E-state index in [0.29, 0.717) is 37.0 Å². The van der Waals surface area contributed by atoms with Gasteiger partial charge in [0.05, 0.1) is 17.0 Å². The number of fused-ring (bicyclic) bond motifs is 3. The molecule has 6 nitrogen and oxygen atoms in total. The van der Waals surface area contributed by atoms with Crippen molar-refractivity contribution in [1.82, 2.24) is 9.21 Å². The van der Waals surface area contributed by atoms with Gasteiger partial charge in [-0.2, -0.15) is 4.31 Å². The molecule has 0 saturated carbocycles. The molecule has 238 valence electrons. The van der Waals surface area contributed by atoms with Crippen molar-refractivity contribution in [3.8, 4) is 0 Å². The fourth-order valence-corrected chi connectivity index (χ4v) is 9.24. The van der Waals surface area contributed by atoms with E-state index in [4.69, 9.17) is 0 Å². The van der Waals surface area contributed by atoms with Crippen molar-refractivity contribution in [3.63, 3.8) is 0 Å². The maximum Gasteiger partial charge on any atom is 0.243 e. The van der Waals surface area contributed by atoms with Crippen molar-refractivity contribution < 1.29 is 8.42 Å². The van der Waals surface area contributed by atoms with Crippen LogP contribution in [-0.4, -0.2) is 56.9 Å². The molecule has 2 aliphatic heterocycles. The fraction of sp³-hybridized carbons (Fsp3) is 0.333. The lowest BCUT2D eigenvalue weighted by atomic mass is 9.77. The number of allylic oxidation sites excluding steroid dienone is 2. The first kappa shape index (κ1) is 30.7. The lowest BCUT2D eigenvalue weighted by molar-refractivity contribution is 0.156. The summed E-state index contributed by atoms with van der Waals surface area (Å²) in [6, 6.07) is 36.0. The van der Waals surface area contributed by atoms with Crippen LogP contribution < -0.4 is 10.2 Å². The number of nitrogens with zero attached hydrogens (tertiary/aromatic N) is 3. The summed E-state index contributed by atoms with van der Waals surface area (Å²) in [6.45, 7) is 8.62. The van der Waals surface area contributed by atoms with Crippen LogP contribution in [0.3, 0.4) is 0 Å². The Bertz CT molecular complexity index is 1720. The van der Waals surface area contributed by atoms with Gasteiger partial charge >= 0.3 is 0 Å². The average Bonchev–Trinajstić information content (AvgIpc) is 3.61. The Balaban J connectivity index is 1.09. The van der Waals surface area contributed by atoms with E-state index in [1.165, 1.54) is 22.4 Å². The van der Waals surface area contributed by atoms with Crippen molar-refractivity contribution in [1.29, 1.82) is 0 Å². The molecule has 46 heavy (non-hydrogen) atoms. The standard InChI is InChI=1S/C39H44N4O2S/c1-3-41(4-2)32-20-18-29(19-21-32)38-35-17-11-16-34(35)36-28-33(22-23-37(36)40-38)46(44,45)43-26-24-42(25-27-43)39(30-12-7-5-8-13-30)31-14-9-6-10-15-31/h5-16,18-23,28,34-35,38-40H,3-4,17,24-27H2,1-2H3. The van der Waals surface area contributed by atoms with Gasteiger partial charge < -0.3 is 10.2 Å². The van der Waals surface area contributed by atoms with Crippen LogP contribution in [0.5, 0.6) is 0 Å². The van der Waals surface area contributed by atoms with Crippen LogP contribution in [0.4, 0.5) is 11.4 Å². The van der Waals surface area contributed by atoms with Crippen molar-refractivity contribution in [3.05, 3.63) is 138 Å². The van der Waals surface area contributed by atoms with Crippen LogP contribution in [0.25, 0.3) is 0 Å². The maximum absolute atomic E-state index is 14.1. The minimum Gasteiger partial charge on any atom is -0.378 e. The van der Waals surface area contributed by atoms with Gasteiger partial charge in [-0.25, -0.2) is 8.42 Å². The normalized spacial score (nSPS) is 21.5. The van der Waals surface area contributed by atoms with Crippen LogP contribution >= 0.6 is 0 Å². The summed E-state index contributed by atoms with van der Waals surface area (Å²) in [4.78, 5) is 5.17. The highest BCUT2D eigenvalue weighted by molar-refractivity contribution is 7.89. The molecule has 7 heteroatoms. The van der Waals surface area contributed by atoms with Crippen molar-refractivity contribution in [2.75, 3.05) is 49.5 Å². The lowest BCUT2D eigenvalue weighted by Crippen LogP contribution is -2.49. The van der Waals surface area contributed by atoms with E-state index in [-0.39, 0.29) is 18.0 Å². The number of piperazine rings is 1. The zero-order valence-electron chi connectivity index (χ0n) is 26.8. The molecule has 1 aliphatic carbocycles. The number of rotatable bonds is 9. The zero-order valence-corrected chi connectivity index (χ0v) is 27.6. The quantitative estimate of drug-likeness (QED) is 0.194. The van der Waals surface area contributed by atoms with Gasteiger partial charge in [-0.15, -0.1) is 0 Å². The van der Waals surface area contributed by atoms with E-state index in [0.717, 1.165) is 30.8 Å². The van der Waals surface area contributed by atoms with Crippen molar-refractivity contribution in [2.45, 2.75) is 43.2 Å². The molecule has 3 atom stereocenters. The zero-order chi connectivity index (χ0) is 31.7. The van der Waals surface area contributed by atoms with Crippen LogP contribution in [0, 0.1) is 5.92 Å². The summed E-state index contributed by atoms with van der Waals surface area (Å²) in [5.74, 6) is 0.536. The molecule has 0 radical (unpaired) electrons. The monoisotopic (exact) mass is 632 g/mol. The van der Waals surface area contributed by atoms with Crippen molar-refractivity contribution in [2.24, 2.45) is 5.92 Å². The van der Waals surface area contributed by atoms with E-state index in [2.05, 4.69) is 114 Å². The third-order valence-electron chi connectivity index (χ3n) is 10.2. The number of benzene rings is 4. The Kier molecular flexibility index (Phi) is 8.73. The van der Waals surface area contributed by atoms with Gasteiger partial charge in [0.15, 0.2) is 0 Å². The second-order valence-electron chi connectivity index (χ2n) is 12.7. The topological polar surface area (TPSA) is 55.9 Å². The summed E-state index contributed by atoms with van der Waals surface area (Å²) in [7, 11) is -3.64. The predicted molar refractivity (Wildman–Crippen MR) is 188 cm³/mol. The molecule has 7 rings (SSSR count). The van der Waals surface area contributed by atoms with Crippen molar-refractivity contribution >= 4 is 21.4 Å². The Morgan fingerprint density at radius 2 is 1.43 bits per heavy atom. The summed E-state index contributed by atoms with van der Waals surface area (Å²) < 4.78 is 29.8. The molecule has 0 bridgehead atoms. The molecule has 3 unspecified atom stereocenters. The van der Waals surface area contributed by atoms with Gasteiger partial charge in [0, 0.05) is 56.6 Å². The number of anilines is 2. The van der Waals surface area contributed by atoms with Gasteiger partial charge in [-0.3, -0.25) is 4.90 Å². The van der Waals surface area contributed by atoms with Gasteiger partial charge in [-0.1, -0.05) is 84.9 Å². The van der Waals surface area contributed by atoms with Gasteiger partial charge in [0.2, 0.25) is 10.0 Å². The molecule has 1 N–H and O–H groups in total. The Morgan fingerprint density at radius 1 is 0.804 bits per heavy atom. The Labute approximate surface area is 274 Å². The smallest absolute Gasteiger partial charge is 0.243 e. The number of sulfonamides is 1. The van der Waals surface area contributed by atoms with E-state index >= 15 is 0 Å². The van der Waals surface area contributed by atoms with E-state index < -0.39 is 10.0 Å². The van der Waals surface area contributed by atoms with Crippen LogP contribution in [0.15, 0.2) is 120 Å². The third kappa shape index (κ3) is 5.76. The van der Waals surface area contributed by atoms with Gasteiger partial charge in [0.1, 0.15) is 0 Å². The number of nitrogens with one attached hydrogen (secondary N) is 1. The molecule has 0 aromatic heterocycles.